The van der Waals surface area contributed by atoms with Gasteiger partial charge in [-0.3, -0.25) is 4.79 Å². The molecule has 0 N–H and O–H groups in total. The standard InChI is InChI=1S/C15H22BrNO2S/c1-4-11(5-2)17(8-9-19-3)15(18)13-10-12(20)6-7-14(13)16/h6-7,10-11,20H,4-5,8-9H2,1-3H3. The summed E-state index contributed by atoms with van der Waals surface area (Å²) in [5.41, 5.74) is 0.653. The van der Waals surface area contributed by atoms with Crippen LogP contribution in [0.5, 0.6) is 0 Å². The molecule has 0 saturated heterocycles. The minimum Gasteiger partial charge on any atom is -0.383 e. The summed E-state index contributed by atoms with van der Waals surface area (Å²) in [4.78, 5) is 15.5. The van der Waals surface area contributed by atoms with Crippen molar-refractivity contribution in [2.24, 2.45) is 0 Å². The van der Waals surface area contributed by atoms with Crippen molar-refractivity contribution >= 4 is 34.5 Å². The smallest absolute Gasteiger partial charge is 0.255 e. The minimum absolute atomic E-state index is 0.0264. The monoisotopic (exact) mass is 359 g/mol. The van der Waals surface area contributed by atoms with Crippen LogP contribution in [-0.4, -0.2) is 37.1 Å². The van der Waals surface area contributed by atoms with Gasteiger partial charge in [0.15, 0.2) is 0 Å². The highest BCUT2D eigenvalue weighted by Crippen LogP contribution is 2.23. The molecule has 0 aliphatic heterocycles. The zero-order chi connectivity index (χ0) is 15.1. The molecule has 0 bridgehead atoms. The second-order valence-corrected chi connectivity index (χ2v) is 6.00. The van der Waals surface area contributed by atoms with Crippen LogP contribution in [0.25, 0.3) is 0 Å². The van der Waals surface area contributed by atoms with Crippen molar-refractivity contribution in [3.8, 4) is 0 Å². The molecule has 1 aromatic rings. The van der Waals surface area contributed by atoms with Gasteiger partial charge in [-0.15, -0.1) is 12.6 Å². The molecule has 20 heavy (non-hydrogen) atoms. The molecule has 1 rings (SSSR count). The van der Waals surface area contributed by atoms with Crippen molar-refractivity contribution in [3.05, 3.63) is 28.2 Å². The van der Waals surface area contributed by atoms with Crippen LogP contribution in [0.2, 0.25) is 0 Å². The van der Waals surface area contributed by atoms with Gasteiger partial charge in [0, 0.05) is 29.1 Å². The van der Waals surface area contributed by atoms with E-state index in [0.29, 0.717) is 18.7 Å². The molecule has 0 aromatic heterocycles. The second-order valence-electron chi connectivity index (χ2n) is 4.63. The summed E-state index contributed by atoms with van der Waals surface area (Å²) in [5.74, 6) is 0.0264. The van der Waals surface area contributed by atoms with Crippen LogP contribution in [0, 0.1) is 0 Å². The molecule has 0 aliphatic rings. The van der Waals surface area contributed by atoms with Crippen molar-refractivity contribution in [2.75, 3.05) is 20.3 Å². The minimum atomic E-state index is 0.0264. The molecule has 1 amide bonds. The highest BCUT2D eigenvalue weighted by atomic mass is 79.9. The van der Waals surface area contributed by atoms with Crippen LogP contribution in [-0.2, 0) is 4.74 Å². The Bertz CT molecular complexity index is 449. The number of thiol groups is 1. The van der Waals surface area contributed by atoms with Crippen molar-refractivity contribution in [1.29, 1.82) is 0 Å². The molecule has 112 valence electrons. The number of amides is 1. The van der Waals surface area contributed by atoms with Gasteiger partial charge in [0.1, 0.15) is 0 Å². The van der Waals surface area contributed by atoms with Crippen LogP contribution in [0.15, 0.2) is 27.6 Å². The van der Waals surface area contributed by atoms with Crippen molar-refractivity contribution in [3.63, 3.8) is 0 Å². The zero-order valence-electron chi connectivity index (χ0n) is 12.2. The van der Waals surface area contributed by atoms with Gasteiger partial charge in [-0.25, -0.2) is 0 Å². The maximum absolute atomic E-state index is 12.8. The number of halogens is 1. The largest absolute Gasteiger partial charge is 0.383 e. The molecule has 0 fully saturated rings. The van der Waals surface area contributed by atoms with Crippen LogP contribution >= 0.6 is 28.6 Å². The summed E-state index contributed by atoms with van der Waals surface area (Å²) in [7, 11) is 1.65. The molecule has 0 radical (unpaired) electrons. The topological polar surface area (TPSA) is 29.5 Å². The van der Waals surface area contributed by atoms with Crippen LogP contribution in [0.4, 0.5) is 0 Å². The summed E-state index contributed by atoms with van der Waals surface area (Å²) < 4.78 is 5.93. The SMILES string of the molecule is CCC(CC)N(CCOC)C(=O)c1cc(S)ccc1Br. The Kier molecular flexibility index (Phi) is 7.62. The van der Waals surface area contributed by atoms with Crippen LogP contribution < -0.4 is 0 Å². The number of carbonyl (C=O) groups is 1. The van der Waals surface area contributed by atoms with E-state index in [4.69, 9.17) is 4.74 Å². The molecule has 0 heterocycles. The summed E-state index contributed by atoms with van der Waals surface area (Å²) in [6.07, 6.45) is 1.87. The van der Waals surface area contributed by atoms with Gasteiger partial charge in [-0.05, 0) is 47.0 Å². The van der Waals surface area contributed by atoms with Crippen molar-refractivity contribution in [1.82, 2.24) is 4.90 Å². The maximum Gasteiger partial charge on any atom is 0.255 e. The lowest BCUT2D eigenvalue weighted by molar-refractivity contribution is 0.0588. The van der Waals surface area contributed by atoms with E-state index >= 15 is 0 Å². The molecule has 0 unspecified atom stereocenters. The summed E-state index contributed by atoms with van der Waals surface area (Å²) in [6.45, 7) is 5.35. The molecule has 5 heteroatoms. The molecule has 0 spiro atoms. The third-order valence-electron chi connectivity index (χ3n) is 3.36. The zero-order valence-corrected chi connectivity index (χ0v) is 14.7. The molecule has 0 saturated carbocycles. The number of carbonyl (C=O) groups excluding carboxylic acids is 1. The lowest BCUT2D eigenvalue weighted by Crippen LogP contribution is -2.42. The number of hydrogen-bond acceptors (Lipinski definition) is 3. The number of rotatable bonds is 7. The average molecular weight is 360 g/mol. The fourth-order valence-corrected chi connectivity index (χ4v) is 2.82. The van der Waals surface area contributed by atoms with Crippen LogP contribution in [0.3, 0.4) is 0 Å². The van der Waals surface area contributed by atoms with E-state index in [0.717, 1.165) is 22.2 Å². The van der Waals surface area contributed by atoms with Gasteiger partial charge in [0.05, 0.1) is 12.2 Å². The van der Waals surface area contributed by atoms with Gasteiger partial charge in [-0.2, -0.15) is 0 Å². The van der Waals surface area contributed by atoms with Gasteiger partial charge in [0.2, 0.25) is 0 Å². The van der Waals surface area contributed by atoms with Gasteiger partial charge >= 0.3 is 0 Å². The fourth-order valence-electron chi connectivity index (χ4n) is 2.20. The van der Waals surface area contributed by atoms with E-state index in [1.54, 1.807) is 13.2 Å². The number of benzene rings is 1. The van der Waals surface area contributed by atoms with E-state index < -0.39 is 0 Å². The first-order valence-electron chi connectivity index (χ1n) is 6.83. The number of ether oxygens (including phenoxy) is 1. The Balaban J connectivity index is 3.05. The van der Waals surface area contributed by atoms with E-state index in [9.17, 15) is 4.79 Å². The van der Waals surface area contributed by atoms with Crippen molar-refractivity contribution in [2.45, 2.75) is 37.6 Å². The average Bonchev–Trinajstić information content (AvgIpc) is 2.45. The quantitative estimate of drug-likeness (QED) is 0.745. The van der Waals surface area contributed by atoms with Crippen LogP contribution in [0.1, 0.15) is 37.0 Å². The number of hydrogen-bond donors (Lipinski definition) is 1. The Hall–Kier alpha value is -0.520. The summed E-state index contributed by atoms with van der Waals surface area (Å²) in [6, 6.07) is 5.75. The normalized spacial score (nSPS) is 10.9. The maximum atomic E-state index is 12.8. The fraction of sp³-hybridized carbons (Fsp3) is 0.533. The van der Waals surface area contributed by atoms with E-state index in [-0.39, 0.29) is 11.9 Å². The summed E-state index contributed by atoms with van der Waals surface area (Å²) >= 11 is 7.76. The molecular formula is C15H22BrNO2S. The third kappa shape index (κ3) is 4.50. The highest BCUT2D eigenvalue weighted by molar-refractivity contribution is 9.10. The van der Waals surface area contributed by atoms with Crippen molar-refractivity contribution < 1.29 is 9.53 Å². The Morgan fingerprint density at radius 1 is 1.40 bits per heavy atom. The summed E-state index contributed by atoms with van der Waals surface area (Å²) in [5, 5.41) is 0. The van der Waals surface area contributed by atoms with Gasteiger partial charge in [-0.1, -0.05) is 13.8 Å². The first kappa shape index (κ1) is 17.5. The first-order chi connectivity index (χ1) is 9.54. The van der Waals surface area contributed by atoms with Gasteiger partial charge < -0.3 is 9.64 Å². The van der Waals surface area contributed by atoms with E-state index in [1.165, 1.54) is 0 Å². The molecule has 0 aliphatic carbocycles. The number of nitrogens with zero attached hydrogens (tertiary/aromatic N) is 1. The van der Waals surface area contributed by atoms with E-state index in [1.807, 2.05) is 17.0 Å². The molecule has 0 atom stereocenters. The molecular weight excluding hydrogens is 338 g/mol. The molecule has 3 nitrogen and oxygen atoms in total. The number of methoxy groups -OCH3 is 1. The molecule has 1 aromatic carbocycles. The lowest BCUT2D eigenvalue weighted by atomic mass is 10.1. The third-order valence-corrected chi connectivity index (χ3v) is 4.33. The Labute approximate surface area is 135 Å². The Morgan fingerprint density at radius 3 is 2.60 bits per heavy atom. The second kappa shape index (κ2) is 8.70. The first-order valence-corrected chi connectivity index (χ1v) is 8.07. The van der Waals surface area contributed by atoms with Gasteiger partial charge in [0.25, 0.3) is 5.91 Å². The predicted octanol–water partition coefficient (Wildman–Crippen LogP) is 4.02. The predicted molar refractivity (Wildman–Crippen MR) is 88.7 cm³/mol. The highest BCUT2D eigenvalue weighted by Gasteiger charge is 2.23. The van der Waals surface area contributed by atoms with E-state index in [2.05, 4.69) is 42.4 Å². The Morgan fingerprint density at radius 2 is 2.05 bits per heavy atom. The lowest BCUT2D eigenvalue weighted by Gasteiger charge is -2.31.